The number of anilines is 1. The van der Waals surface area contributed by atoms with Crippen LogP contribution >= 0.6 is 0 Å². The van der Waals surface area contributed by atoms with Crippen LogP contribution in [0.1, 0.15) is 5.56 Å². The molecule has 0 saturated carbocycles. The number of methoxy groups -OCH3 is 1. The van der Waals surface area contributed by atoms with Crippen molar-refractivity contribution in [3.8, 4) is 11.8 Å². The van der Waals surface area contributed by atoms with E-state index in [9.17, 15) is 0 Å². The zero-order valence-corrected chi connectivity index (χ0v) is 9.29. The molecule has 90 valence electrons. The minimum Gasteiger partial charge on any atom is -0.495 e. The molecule has 7 nitrogen and oxygen atoms in total. The van der Waals surface area contributed by atoms with Crippen molar-refractivity contribution in [3.63, 3.8) is 0 Å². The van der Waals surface area contributed by atoms with E-state index in [1.54, 1.807) is 0 Å². The molecule has 1 heterocycles. The molecule has 1 aromatic rings. The number of nitrogens with two attached hydrogens (primary N) is 2. The number of aromatic nitrogens is 1. The highest BCUT2D eigenvalue weighted by molar-refractivity contribution is 5.51. The van der Waals surface area contributed by atoms with Crippen molar-refractivity contribution in [1.82, 2.24) is 4.98 Å². The Bertz CT molecular complexity index is 466. The van der Waals surface area contributed by atoms with Gasteiger partial charge in [0, 0.05) is 12.3 Å². The standard InChI is InChI=1S/C10H13N5O2/c1-17-9-2-10(14-4-7(9)3-11)15(13)5-8(12)6-16/h2,4-5,16H,6,12-13H2,1H3/b8-5-. The first kappa shape index (κ1) is 12.8. The average molecular weight is 235 g/mol. The van der Waals surface area contributed by atoms with Gasteiger partial charge in [0.15, 0.2) is 5.82 Å². The SMILES string of the molecule is COc1cc(N(N)/C=C(\N)CO)ncc1C#N. The first-order valence-corrected chi connectivity index (χ1v) is 4.67. The molecule has 0 saturated heterocycles. The maximum atomic E-state index is 8.78. The number of hydrogen-bond acceptors (Lipinski definition) is 7. The lowest BCUT2D eigenvalue weighted by molar-refractivity contribution is 0.329. The fraction of sp³-hybridized carbons (Fsp3) is 0.200. The Morgan fingerprint density at radius 1 is 1.76 bits per heavy atom. The average Bonchev–Trinajstić information content (AvgIpc) is 2.37. The zero-order chi connectivity index (χ0) is 12.8. The second kappa shape index (κ2) is 5.69. The van der Waals surface area contributed by atoms with Crippen molar-refractivity contribution in [2.75, 3.05) is 18.7 Å². The van der Waals surface area contributed by atoms with E-state index in [1.165, 1.54) is 25.6 Å². The van der Waals surface area contributed by atoms with Crippen molar-refractivity contribution in [3.05, 3.63) is 29.7 Å². The van der Waals surface area contributed by atoms with Gasteiger partial charge >= 0.3 is 0 Å². The first-order chi connectivity index (χ1) is 8.12. The summed E-state index contributed by atoms with van der Waals surface area (Å²) in [5, 5.41) is 18.7. The van der Waals surface area contributed by atoms with E-state index in [0.717, 1.165) is 5.01 Å². The normalized spacial score (nSPS) is 10.8. The number of hydrazine groups is 1. The molecule has 0 aromatic carbocycles. The molecular formula is C10H13N5O2. The van der Waals surface area contributed by atoms with Gasteiger partial charge in [0.2, 0.25) is 0 Å². The summed E-state index contributed by atoms with van der Waals surface area (Å²) in [6, 6.07) is 3.44. The number of ether oxygens (including phenoxy) is 1. The highest BCUT2D eigenvalue weighted by Crippen LogP contribution is 2.21. The Balaban J connectivity index is 3.04. The van der Waals surface area contributed by atoms with Crippen LogP contribution in [0.3, 0.4) is 0 Å². The fourth-order valence-corrected chi connectivity index (χ4v) is 1.11. The highest BCUT2D eigenvalue weighted by Gasteiger charge is 2.07. The van der Waals surface area contributed by atoms with E-state index in [0.29, 0.717) is 17.1 Å². The summed E-state index contributed by atoms with van der Waals surface area (Å²) in [6.45, 7) is -0.304. The Morgan fingerprint density at radius 2 is 2.47 bits per heavy atom. The molecule has 0 aliphatic carbocycles. The van der Waals surface area contributed by atoms with E-state index in [2.05, 4.69) is 4.98 Å². The summed E-state index contributed by atoms with van der Waals surface area (Å²) in [6.07, 6.45) is 2.67. The molecule has 0 aliphatic rings. The first-order valence-electron chi connectivity index (χ1n) is 4.67. The largest absolute Gasteiger partial charge is 0.495 e. The van der Waals surface area contributed by atoms with Crippen LogP contribution in [-0.4, -0.2) is 23.8 Å². The van der Waals surface area contributed by atoms with Crippen LogP contribution in [0.4, 0.5) is 5.82 Å². The third-order valence-corrected chi connectivity index (χ3v) is 1.94. The van der Waals surface area contributed by atoms with Gasteiger partial charge in [-0.2, -0.15) is 5.26 Å². The zero-order valence-electron chi connectivity index (χ0n) is 9.29. The van der Waals surface area contributed by atoms with Gasteiger partial charge in [-0.15, -0.1) is 0 Å². The number of nitrogens with zero attached hydrogens (tertiary/aromatic N) is 3. The maximum Gasteiger partial charge on any atom is 0.150 e. The Labute approximate surface area is 98.5 Å². The smallest absolute Gasteiger partial charge is 0.150 e. The number of aliphatic hydroxyl groups is 1. The number of pyridine rings is 1. The van der Waals surface area contributed by atoms with Gasteiger partial charge in [-0.3, -0.25) is 5.01 Å². The van der Waals surface area contributed by atoms with E-state index < -0.39 is 0 Å². The molecule has 0 atom stereocenters. The molecule has 7 heteroatoms. The van der Waals surface area contributed by atoms with Gasteiger partial charge in [-0.1, -0.05) is 0 Å². The lowest BCUT2D eigenvalue weighted by Gasteiger charge is -2.14. The minimum atomic E-state index is -0.304. The summed E-state index contributed by atoms with van der Waals surface area (Å²) in [5.41, 5.74) is 5.92. The van der Waals surface area contributed by atoms with E-state index >= 15 is 0 Å². The van der Waals surface area contributed by atoms with Crippen molar-refractivity contribution in [2.45, 2.75) is 0 Å². The molecule has 5 N–H and O–H groups in total. The van der Waals surface area contributed by atoms with Gasteiger partial charge in [0.25, 0.3) is 0 Å². The van der Waals surface area contributed by atoms with Gasteiger partial charge in [0.1, 0.15) is 17.4 Å². The van der Waals surface area contributed by atoms with Crippen molar-refractivity contribution in [2.24, 2.45) is 11.6 Å². The summed E-state index contributed by atoms with van der Waals surface area (Å²) < 4.78 is 5.01. The van der Waals surface area contributed by atoms with Crippen LogP contribution in [0, 0.1) is 11.3 Å². The van der Waals surface area contributed by atoms with Crippen molar-refractivity contribution < 1.29 is 9.84 Å². The van der Waals surface area contributed by atoms with E-state index in [4.69, 9.17) is 26.7 Å². The van der Waals surface area contributed by atoms with Crippen LogP contribution < -0.4 is 21.3 Å². The second-order valence-electron chi connectivity index (χ2n) is 3.12. The Kier molecular flexibility index (Phi) is 4.28. The molecule has 1 rings (SSSR count). The second-order valence-corrected chi connectivity index (χ2v) is 3.12. The van der Waals surface area contributed by atoms with Crippen LogP contribution in [0.5, 0.6) is 5.75 Å². The lowest BCUT2D eigenvalue weighted by Crippen LogP contribution is -2.27. The van der Waals surface area contributed by atoms with Gasteiger partial charge in [-0.25, -0.2) is 10.8 Å². The molecule has 0 radical (unpaired) electrons. The molecule has 0 amide bonds. The third-order valence-electron chi connectivity index (χ3n) is 1.94. The predicted octanol–water partition coefficient (Wildman–Crippen LogP) is -0.566. The predicted molar refractivity (Wildman–Crippen MR) is 61.5 cm³/mol. The molecule has 0 fully saturated rings. The van der Waals surface area contributed by atoms with E-state index in [-0.39, 0.29) is 12.3 Å². The van der Waals surface area contributed by atoms with E-state index in [1.807, 2.05) is 6.07 Å². The summed E-state index contributed by atoms with van der Waals surface area (Å²) in [4.78, 5) is 3.96. The van der Waals surface area contributed by atoms with Gasteiger partial charge in [-0.05, 0) is 0 Å². The molecule has 17 heavy (non-hydrogen) atoms. The summed E-state index contributed by atoms with van der Waals surface area (Å²) in [7, 11) is 1.44. The molecule has 1 aromatic heterocycles. The quantitative estimate of drug-likeness (QED) is 0.472. The summed E-state index contributed by atoms with van der Waals surface area (Å²) in [5.74, 6) is 6.36. The van der Waals surface area contributed by atoms with Gasteiger partial charge in [0.05, 0.1) is 25.6 Å². The maximum absolute atomic E-state index is 8.78. The number of nitriles is 1. The third kappa shape index (κ3) is 3.07. The number of aliphatic hydroxyl groups excluding tert-OH is 1. The van der Waals surface area contributed by atoms with Crippen LogP contribution in [0.15, 0.2) is 24.2 Å². The lowest BCUT2D eigenvalue weighted by atomic mass is 10.3. The molecule has 0 spiro atoms. The Morgan fingerprint density at radius 3 is 3.00 bits per heavy atom. The molecule has 0 unspecified atom stereocenters. The topological polar surface area (TPSA) is 121 Å². The molecular weight excluding hydrogens is 222 g/mol. The van der Waals surface area contributed by atoms with Gasteiger partial charge < -0.3 is 15.6 Å². The molecule has 0 aliphatic heterocycles. The van der Waals surface area contributed by atoms with Crippen molar-refractivity contribution in [1.29, 1.82) is 5.26 Å². The van der Waals surface area contributed by atoms with Crippen LogP contribution in [-0.2, 0) is 0 Å². The fourth-order valence-electron chi connectivity index (χ4n) is 1.11. The van der Waals surface area contributed by atoms with Crippen LogP contribution in [0.25, 0.3) is 0 Å². The monoisotopic (exact) mass is 235 g/mol. The van der Waals surface area contributed by atoms with Crippen molar-refractivity contribution >= 4 is 5.82 Å². The highest BCUT2D eigenvalue weighted by atomic mass is 16.5. The Hall–Kier alpha value is -2.30. The number of rotatable bonds is 4. The van der Waals surface area contributed by atoms with Crippen LogP contribution in [0.2, 0.25) is 0 Å². The molecule has 0 bridgehead atoms. The summed E-state index contributed by atoms with van der Waals surface area (Å²) >= 11 is 0. The number of hydrogen-bond donors (Lipinski definition) is 3. The minimum absolute atomic E-state index is 0.192.